The van der Waals surface area contributed by atoms with E-state index in [4.69, 9.17) is 14.2 Å². The number of furan rings is 1. The summed E-state index contributed by atoms with van der Waals surface area (Å²) in [6.45, 7) is 0. The number of rotatable bonds is 5. The second-order valence-corrected chi connectivity index (χ2v) is 7.88. The van der Waals surface area contributed by atoms with Crippen molar-refractivity contribution in [3.8, 4) is 17.2 Å². The highest BCUT2D eigenvalue weighted by atomic mass is 31.2. The van der Waals surface area contributed by atoms with Crippen LogP contribution in [-0.2, 0) is 10.7 Å². The van der Waals surface area contributed by atoms with Crippen LogP contribution in [0.15, 0.2) is 64.3 Å². The van der Waals surface area contributed by atoms with Crippen LogP contribution in [-0.4, -0.2) is 31.1 Å². The number of aromatic hydroxyl groups is 1. The maximum atomic E-state index is 11.1. The predicted octanol–water partition coefficient (Wildman–Crippen LogP) is 3.96. The number of fused-ring (bicyclic) bond motifs is 1. The number of benzene rings is 1. The third-order valence-corrected chi connectivity index (χ3v) is 4.92. The Morgan fingerprint density at radius 2 is 2.00 bits per heavy atom. The van der Waals surface area contributed by atoms with Crippen LogP contribution in [0.4, 0.5) is 5.69 Å². The molecule has 0 saturated carbocycles. The first-order valence-corrected chi connectivity index (χ1v) is 10.1. The van der Waals surface area contributed by atoms with Gasteiger partial charge in [0.05, 0.1) is 23.7 Å². The van der Waals surface area contributed by atoms with Crippen molar-refractivity contribution >= 4 is 30.5 Å². The first kappa shape index (κ1) is 18.2. The van der Waals surface area contributed by atoms with Gasteiger partial charge in [0.25, 0.3) is 0 Å². The maximum Gasteiger partial charge on any atom is 0.329 e. The van der Waals surface area contributed by atoms with Gasteiger partial charge in [-0.05, 0) is 35.9 Å². The van der Waals surface area contributed by atoms with Gasteiger partial charge < -0.3 is 24.3 Å². The van der Waals surface area contributed by atoms with Crippen molar-refractivity contribution in [2.45, 2.75) is 6.16 Å². The fourth-order valence-electron chi connectivity index (χ4n) is 2.85. The molecule has 4 N–H and O–H groups in total. The largest absolute Gasteiger partial charge is 0.494 e. The van der Waals surface area contributed by atoms with Gasteiger partial charge in [0.1, 0.15) is 11.4 Å². The highest BCUT2D eigenvalue weighted by Crippen LogP contribution is 2.39. The maximum absolute atomic E-state index is 11.1. The number of aromatic amines is 1. The minimum absolute atomic E-state index is 0.0547. The van der Waals surface area contributed by atoms with Crippen LogP contribution >= 0.6 is 7.60 Å². The Labute approximate surface area is 159 Å². The van der Waals surface area contributed by atoms with Gasteiger partial charge in [-0.3, -0.25) is 9.56 Å². The number of nitrogens with zero attached hydrogens (tertiary/aromatic N) is 2. The number of H-pyrrole nitrogens is 1. The SMILES string of the molecule is O=P(O)(O)Cc1ccc(N=Cc2c(O)[nH]c3ncc(-c4ccco4)cc23)cc1. The molecule has 0 amide bonds. The molecular formula is C19H16N3O5P. The molecule has 0 radical (unpaired) electrons. The zero-order chi connectivity index (χ0) is 19.7. The Kier molecular flexibility index (Phi) is 4.60. The van der Waals surface area contributed by atoms with Gasteiger partial charge in [-0.1, -0.05) is 12.1 Å². The molecule has 4 rings (SSSR count). The zero-order valence-electron chi connectivity index (χ0n) is 14.5. The summed E-state index contributed by atoms with van der Waals surface area (Å²) in [5, 5.41) is 10.9. The molecule has 0 aliphatic heterocycles. The number of aromatic nitrogens is 2. The number of pyridine rings is 1. The Balaban J connectivity index is 1.64. The van der Waals surface area contributed by atoms with Gasteiger partial charge in [-0.2, -0.15) is 0 Å². The Morgan fingerprint density at radius 1 is 1.21 bits per heavy atom. The second kappa shape index (κ2) is 7.09. The van der Waals surface area contributed by atoms with Crippen LogP contribution in [0.5, 0.6) is 5.88 Å². The van der Waals surface area contributed by atoms with Crippen molar-refractivity contribution in [1.29, 1.82) is 0 Å². The van der Waals surface area contributed by atoms with E-state index >= 15 is 0 Å². The molecule has 28 heavy (non-hydrogen) atoms. The Morgan fingerprint density at radius 3 is 2.68 bits per heavy atom. The van der Waals surface area contributed by atoms with E-state index in [0.717, 1.165) is 5.56 Å². The molecule has 4 aromatic rings. The first-order chi connectivity index (χ1) is 13.4. The van der Waals surface area contributed by atoms with Crippen molar-refractivity contribution in [3.05, 3.63) is 66.1 Å². The van der Waals surface area contributed by atoms with E-state index in [1.807, 2.05) is 12.1 Å². The summed E-state index contributed by atoms with van der Waals surface area (Å²) in [6.07, 6.45) is 4.42. The lowest BCUT2D eigenvalue weighted by Crippen LogP contribution is -1.86. The van der Waals surface area contributed by atoms with Crippen LogP contribution in [0.2, 0.25) is 0 Å². The molecule has 0 fully saturated rings. The molecule has 0 bridgehead atoms. The van der Waals surface area contributed by atoms with Gasteiger partial charge >= 0.3 is 7.60 Å². The van der Waals surface area contributed by atoms with E-state index in [-0.39, 0.29) is 12.0 Å². The molecule has 142 valence electrons. The van der Waals surface area contributed by atoms with Gasteiger partial charge in [0.15, 0.2) is 5.88 Å². The van der Waals surface area contributed by atoms with Crippen LogP contribution in [0, 0.1) is 0 Å². The van der Waals surface area contributed by atoms with Crippen LogP contribution in [0.1, 0.15) is 11.1 Å². The molecule has 0 unspecified atom stereocenters. The lowest BCUT2D eigenvalue weighted by atomic mass is 10.1. The standard InChI is InChI=1S/C19H16N3O5P/c23-19-16(10-20-14-5-3-12(4-6-14)11-28(24,25)26)15-8-13(9-21-18(15)22-19)17-2-1-7-27-17/h1-10,23H,11H2,(H,21,22)(H2,24,25,26). The molecular weight excluding hydrogens is 381 g/mol. The lowest BCUT2D eigenvalue weighted by Gasteiger charge is -2.03. The third-order valence-electron chi connectivity index (χ3n) is 4.14. The summed E-state index contributed by atoms with van der Waals surface area (Å²) in [6, 6.07) is 12.0. The summed E-state index contributed by atoms with van der Waals surface area (Å²) < 4.78 is 16.5. The van der Waals surface area contributed by atoms with Crippen molar-refractivity contribution in [1.82, 2.24) is 9.97 Å². The monoisotopic (exact) mass is 397 g/mol. The zero-order valence-corrected chi connectivity index (χ0v) is 15.4. The van der Waals surface area contributed by atoms with E-state index in [0.29, 0.717) is 33.6 Å². The van der Waals surface area contributed by atoms with E-state index < -0.39 is 7.60 Å². The van der Waals surface area contributed by atoms with Crippen molar-refractivity contribution < 1.29 is 23.9 Å². The van der Waals surface area contributed by atoms with Gasteiger partial charge in [-0.15, -0.1) is 0 Å². The van der Waals surface area contributed by atoms with Crippen molar-refractivity contribution in [2.24, 2.45) is 4.99 Å². The van der Waals surface area contributed by atoms with Crippen LogP contribution < -0.4 is 0 Å². The number of nitrogens with one attached hydrogen (secondary N) is 1. The predicted molar refractivity (Wildman–Crippen MR) is 105 cm³/mol. The summed E-state index contributed by atoms with van der Waals surface area (Å²) in [7, 11) is -4.11. The summed E-state index contributed by atoms with van der Waals surface area (Å²) in [4.78, 5) is 29.5. The minimum Gasteiger partial charge on any atom is -0.494 e. The van der Waals surface area contributed by atoms with E-state index in [1.165, 1.54) is 6.21 Å². The highest BCUT2D eigenvalue weighted by molar-refractivity contribution is 7.50. The normalized spacial score (nSPS) is 12.2. The average Bonchev–Trinajstić information content (AvgIpc) is 3.27. The third kappa shape index (κ3) is 3.89. The lowest BCUT2D eigenvalue weighted by molar-refractivity contribution is 0.371. The quantitative estimate of drug-likeness (QED) is 0.298. The molecule has 3 heterocycles. The number of hydrogen-bond acceptors (Lipinski definition) is 5. The molecule has 8 nitrogen and oxygen atoms in total. The molecule has 0 atom stereocenters. The van der Waals surface area contributed by atoms with Gasteiger partial charge in [0, 0.05) is 23.4 Å². The molecule has 9 heteroatoms. The summed E-state index contributed by atoms with van der Waals surface area (Å²) >= 11 is 0. The van der Waals surface area contributed by atoms with Crippen LogP contribution in [0.25, 0.3) is 22.4 Å². The van der Waals surface area contributed by atoms with E-state index in [1.54, 1.807) is 42.8 Å². The summed E-state index contributed by atoms with van der Waals surface area (Å²) in [5.41, 5.74) is 2.88. The fraction of sp³-hybridized carbons (Fsp3) is 0.0526. The highest BCUT2D eigenvalue weighted by Gasteiger charge is 2.14. The molecule has 0 aliphatic carbocycles. The van der Waals surface area contributed by atoms with Crippen molar-refractivity contribution in [3.63, 3.8) is 0 Å². The molecule has 3 aromatic heterocycles. The topological polar surface area (TPSA) is 132 Å². The average molecular weight is 397 g/mol. The Bertz CT molecular complexity index is 1190. The van der Waals surface area contributed by atoms with E-state index in [9.17, 15) is 9.67 Å². The molecule has 0 spiro atoms. The summed E-state index contributed by atoms with van der Waals surface area (Å²) in [5.74, 6) is 0.611. The fourth-order valence-corrected chi connectivity index (χ4v) is 3.54. The van der Waals surface area contributed by atoms with Gasteiger partial charge in [0.2, 0.25) is 0 Å². The molecule has 0 saturated heterocycles. The van der Waals surface area contributed by atoms with Crippen LogP contribution in [0.3, 0.4) is 0 Å². The first-order valence-electron chi connectivity index (χ1n) is 8.31. The van der Waals surface area contributed by atoms with Crippen molar-refractivity contribution in [2.75, 3.05) is 0 Å². The van der Waals surface area contributed by atoms with Gasteiger partial charge in [-0.25, -0.2) is 4.98 Å². The smallest absolute Gasteiger partial charge is 0.329 e. The Hall–Kier alpha value is -3.19. The van der Waals surface area contributed by atoms with E-state index in [2.05, 4.69) is 15.0 Å². The molecule has 0 aliphatic rings. The number of aliphatic imine (C=N–C) groups is 1. The second-order valence-electron chi connectivity index (χ2n) is 6.23. The molecule has 1 aromatic carbocycles. The number of hydrogen-bond donors (Lipinski definition) is 4. The minimum atomic E-state index is -4.11.